The summed E-state index contributed by atoms with van der Waals surface area (Å²) in [6.45, 7) is 15.9. The van der Waals surface area contributed by atoms with E-state index in [0.29, 0.717) is 11.1 Å². The fraction of sp³-hybridized carbons (Fsp3) is 0.454. The van der Waals surface area contributed by atoms with Crippen molar-refractivity contribution in [2.45, 2.75) is 217 Å². The molecule has 0 spiro atoms. The molecule has 2 saturated heterocycles. The standard InChI is InChI=1S/2C47H51NO14.C3H7NO.2H2O/c2*1-25-31(60-43(56)36(52)35(28-16-10-7-11-17-28)48-41(54)29-18-12-8-13-19-29)23-47(57)40(61-42(55)30-20-14-9-15-21-30)38-45(6,32(51)22-33-46(38,24-58-33)62-27(3)50)39(53)37(59-26(2)49)34(25)44(47,4)5;1-4(2)3-5;;/h2*7-21,31-33,35-38,40,51-52,57H,22-24H2,1-6H3,(H,48,54);3H,1-2H3;2*1H2/t2*31-,32-,33+,35-,36+,37+,38?,40-,45+,46-,47+;;;/m00.../s1. The van der Waals surface area contributed by atoms with Crippen molar-refractivity contribution in [3.05, 3.63) is 238 Å². The zero-order chi connectivity index (χ0) is 94.2. The summed E-state index contributed by atoms with van der Waals surface area (Å²) in [5.41, 5.74) is -14.0. The van der Waals surface area contributed by atoms with Gasteiger partial charge in [-0.05, 0) is 110 Å². The third-order valence-electron chi connectivity index (χ3n) is 27.2. The monoisotopic (exact) mass is 1820 g/mol. The Hall–Kier alpha value is -12.1. The molecule has 6 aromatic rings. The second-order valence-corrected chi connectivity index (χ2v) is 35.8. The van der Waals surface area contributed by atoms with Gasteiger partial charge in [-0.25, -0.2) is 19.2 Å². The number of carbonyl (C=O) groups is 13. The Kier molecular flexibility index (Phi) is 30.5. The summed E-state index contributed by atoms with van der Waals surface area (Å²) >= 11 is 0. The topological polar surface area (TPSA) is 526 Å². The van der Waals surface area contributed by atoms with Crippen LogP contribution in [0.4, 0.5) is 0 Å². The number of rotatable bonds is 21. The number of fused-ring (bicyclic) bond motifs is 10. The number of nitrogens with one attached hydrogen (secondary N) is 2. The summed E-state index contributed by atoms with van der Waals surface area (Å²) in [4.78, 5) is 178. The summed E-state index contributed by atoms with van der Waals surface area (Å²) in [5.74, 6) is -13.7. The van der Waals surface area contributed by atoms with E-state index in [1.54, 1.807) is 200 Å². The van der Waals surface area contributed by atoms with Crippen molar-refractivity contribution in [1.82, 2.24) is 15.5 Å². The van der Waals surface area contributed by atoms with Gasteiger partial charge in [0.1, 0.15) is 47.8 Å². The Bertz CT molecular complexity index is 5010. The molecule has 0 radical (unpaired) electrons. The third-order valence-corrected chi connectivity index (χ3v) is 27.2. The Morgan fingerprint density at radius 1 is 0.443 bits per heavy atom. The van der Waals surface area contributed by atoms with Gasteiger partial charge in [-0.1, -0.05) is 161 Å². The average molecular weight is 1820 g/mol. The minimum atomic E-state index is -2.39. The number of ketones is 2. The molecule has 6 fully saturated rings. The van der Waals surface area contributed by atoms with E-state index >= 15 is 9.59 Å². The van der Waals surface area contributed by atoms with Gasteiger partial charge in [-0.15, -0.1) is 0 Å². The largest absolute Gasteiger partial charge is 0.456 e. The predicted molar refractivity (Wildman–Crippen MR) is 462 cm³/mol. The SMILES string of the molecule is CC(=O)O[C@H]1C(=O)[C@@]2(C)C([C@H](OC(=O)c3ccccc3)[C@]3(O)C[C@H](OC(=O)[C@H](O)[C@@H](NC(=O)c4ccccc4)c4ccccc4)C(C)=C1C3(C)C)[C@]1(OC(C)=O)CO[C@@H]1C[C@@H]2O.CC(=O)O[C@H]1C(=O)[C@@]2(C)C([C@H](OC(=O)c3ccccc3)[C@]3(O)C[C@H](OC(=O)[C@H](O)[C@@H](NC(=O)c4ccccc4)c4ccccc4)C(C)=C1C3(C)C)[C@]1(OC(C)=O)CO[C@@H]1C[C@@H]2O.CN(C)C=O.O.O. The lowest BCUT2D eigenvalue weighted by Gasteiger charge is -2.67. The van der Waals surface area contributed by atoms with Crippen molar-refractivity contribution >= 4 is 77.5 Å². The van der Waals surface area contributed by atoms with E-state index in [2.05, 4.69) is 10.6 Å². The van der Waals surface area contributed by atoms with Gasteiger partial charge in [-0.2, -0.15) is 0 Å². The first kappa shape index (κ1) is 101. The second kappa shape index (κ2) is 39.5. The summed E-state index contributed by atoms with van der Waals surface area (Å²) in [6.07, 6.45) is -20.3. The normalized spacial score (nSPS) is 30.4. The van der Waals surface area contributed by atoms with Gasteiger partial charge < -0.3 is 104 Å². The van der Waals surface area contributed by atoms with Gasteiger partial charge in [0.2, 0.25) is 6.41 Å². The maximum atomic E-state index is 15.5. The van der Waals surface area contributed by atoms with E-state index in [1.165, 1.54) is 56.9 Å². The van der Waals surface area contributed by atoms with Crippen LogP contribution in [0.5, 0.6) is 0 Å². The highest BCUT2D eigenvalue weighted by Crippen LogP contribution is 2.67. The molecule has 4 bridgehead atoms. The van der Waals surface area contributed by atoms with Crippen LogP contribution in [0.2, 0.25) is 0 Å². The molecule has 2 heterocycles. The first-order chi connectivity index (χ1) is 60.8. The molecule has 8 aliphatic rings. The number of amides is 3. The van der Waals surface area contributed by atoms with Crippen molar-refractivity contribution in [2.24, 2.45) is 33.5 Å². The van der Waals surface area contributed by atoms with Gasteiger partial charge in [0, 0.05) is 89.4 Å². The van der Waals surface area contributed by atoms with Crippen LogP contribution in [0.3, 0.4) is 0 Å². The zero-order valence-electron chi connectivity index (χ0n) is 74.9. The fourth-order valence-corrected chi connectivity index (χ4v) is 20.4. The molecule has 12 N–H and O–H groups in total. The molecule has 34 nitrogen and oxygen atoms in total. The number of hydrogen-bond acceptors (Lipinski definition) is 29. The molecule has 14 rings (SSSR count). The zero-order valence-corrected chi connectivity index (χ0v) is 74.9. The Balaban J connectivity index is 0.000000255. The van der Waals surface area contributed by atoms with Gasteiger partial charge >= 0.3 is 47.8 Å². The molecule has 34 heteroatoms. The molecular formula is C97H113N3O31. The van der Waals surface area contributed by atoms with Gasteiger partial charge in [0.25, 0.3) is 11.8 Å². The predicted octanol–water partition coefficient (Wildman–Crippen LogP) is 5.53. The number of hydrogen-bond donors (Lipinski definition) is 8. The van der Waals surface area contributed by atoms with Gasteiger partial charge in [0.05, 0.1) is 71.3 Å². The molecule has 4 saturated carbocycles. The highest BCUT2D eigenvalue weighted by molar-refractivity contribution is 5.99. The van der Waals surface area contributed by atoms with E-state index in [4.69, 9.17) is 47.4 Å². The minimum absolute atomic E-state index is 0. The van der Waals surface area contributed by atoms with Crippen molar-refractivity contribution in [3.63, 3.8) is 0 Å². The van der Waals surface area contributed by atoms with Crippen LogP contribution < -0.4 is 10.6 Å². The maximum Gasteiger partial charge on any atom is 0.338 e. The van der Waals surface area contributed by atoms with E-state index in [-0.39, 0.29) is 81.6 Å². The smallest absolute Gasteiger partial charge is 0.338 e. The summed E-state index contributed by atoms with van der Waals surface area (Å²) in [7, 11) is 3.38. The molecule has 6 aliphatic carbocycles. The number of carbonyl (C=O) groups excluding carboxylic acids is 13. The Morgan fingerprint density at radius 3 is 0.985 bits per heavy atom. The average Bonchev–Trinajstić information content (AvgIpc) is 0.671. The van der Waals surface area contributed by atoms with E-state index in [1.807, 2.05) is 0 Å². The van der Waals surface area contributed by atoms with Crippen LogP contribution >= 0.6 is 0 Å². The molecule has 2 aliphatic heterocycles. The number of aliphatic hydroxyl groups is 6. The van der Waals surface area contributed by atoms with Gasteiger partial charge in [0.15, 0.2) is 47.2 Å². The second-order valence-electron chi connectivity index (χ2n) is 35.8. The summed E-state index contributed by atoms with van der Waals surface area (Å²) < 4.78 is 60.5. The van der Waals surface area contributed by atoms with Crippen LogP contribution in [0, 0.1) is 33.5 Å². The van der Waals surface area contributed by atoms with Crippen LogP contribution in [-0.4, -0.2) is 247 Å². The number of ether oxygens (including phenoxy) is 10. The van der Waals surface area contributed by atoms with Crippen molar-refractivity contribution in [3.8, 4) is 0 Å². The quantitative estimate of drug-likeness (QED) is 0.0190. The van der Waals surface area contributed by atoms with Crippen molar-refractivity contribution < 1.29 is 151 Å². The van der Waals surface area contributed by atoms with Crippen LogP contribution in [0.25, 0.3) is 0 Å². The van der Waals surface area contributed by atoms with E-state index in [9.17, 15) is 83.4 Å². The van der Waals surface area contributed by atoms with E-state index in [0.717, 1.165) is 34.1 Å². The highest BCUT2D eigenvalue weighted by Gasteiger charge is 2.81. The molecule has 131 heavy (non-hydrogen) atoms. The molecule has 3 amide bonds. The first-order valence-corrected chi connectivity index (χ1v) is 42.3. The molecule has 0 aromatic heterocycles. The Morgan fingerprint density at radius 2 is 0.725 bits per heavy atom. The van der Waals surface area contributed by atoms with Crippen LogP contribution in [-0.2, 0) is 90.5 Å². The Labute approximate surface area is 755 Å². The number of Topliss-reactive ketones (excluding diaryl/α,β-unsaturated/α-hetero) is 2. The lowest BCUT2D eigenvalue weighted by Crippen LogP contribution is -2.82. The fourth-order valence-electron chi connectivity index (χ4n) is 20.4. The lowest BCUT2D eigenvalue weighted by atomic mass is 9.44. The van der Waals surface area contributed by atoms with Crippen LogP contribution in [0.15, 0.2) is 204 Å². The highest BCUT2D eigenvalue weighted by atomic mass is 16.7. The van der Waals surface area contributed by atoms with Crippen molar-refractivity contribution in [2.75, 3.05) is 27.3 Å². The number of aliphatic hydroxyl groups excluding tert-OH is 4. The van der Waals surface area contributed by atoms with Crippen molar-refractivity contribution in [1.29, 1.82) is 0 Å². The summed E-state index contributed by atoms with van der Waals surface area (Å²) in [5, 5.41) is 80.5. The summed E-state index contributed by atoms with van der Waals surface area (Å²) in [6, 6.07) is 45.9. The first-order valence-electron chi connectivity index (χ1n) is 42.3. The molecule has 22 atom stereocenters. The number of benzene rings is 6. The lowest BCUT2D eigenvalue weighted by molar-refractivity contribution is -0.346. The maximum absolute atomic E-state index is 15.5. The van der Waals surface area contributed by atoms with Crippen LogP contribution in [0.1, 0.15) is 173 Å². The van der Waals surface area contributed by atoms with Gasteiger partial charge in [-0.3, -0.25) is 43.2 Å². The molecule has 2 unspecified atom stereocenters. The molecular weight excluding hydrogens is 1700 g/mol. The number of nitrogens with zero attached hydrogens (tertiary/aromatic N) is 1. The number of esters is 8. The molecule has 6 aromatic carbocycles. The van der Waals surface area contributed by atoms with E-state index < -0.39 is 225 Å². The molecule has 702 valence electrons. The third kappa shape index (κ3) is 18.6. The minimum Gasteiger partial charge on any atom is -0.456 e.